The van der Waals surface area contributed by atoms with Gasteiger partial charge in [0.05, 0.1) is 23.4 Å². The van der Waals surface area contributed by atoms with Gasteiger partial charge in [0.25, 0.3) is 0 Å². The molecule has 1 unspecified atom stereocenters. The molecule has 2 aromatic carbocycles. The van der Waals surface area contributed by atoms with Crippen LogP contribution in [0, 0.1) is 5.82 Å². The fourth-order valence-corrected chi connectivity index (χ4v) is 4.84. The number of H-pyrrole nitrogens is 1. The molecule has 0 bridgehead atoms. The molecule has 2 aromatic heterocycles. The smallest absolute Gasteiger partial charge is 0.234 e. The summed E-state index contributed by atoms with van der Waals surface area (Å²) in [4.78, 5) is 15.8. The third kappa shape index (κ3) is 4.75. The number of hydrogen-bond donors (Lipinski definition) is 2. The summed E-state index contributed by atoms with van der Waals surface area (Å²) in [6, 6.07) is 12.1. The highest BCUT2D eigenvalue weighted by Gasteiger charge is 2.23. The van der Waals surface area contributed by atoms with Crippen molar-refractivity contribution >= 4 is 45.9 Å². The molecule has 33 heavy (non-hydrogen) atoms. The maximum atomic E-state index is 13.4. The lowest BCUT2D eigenvalue weighted by Crippen LogP contribution is -2.18. The van der Waals surface area contributed by atoms with Gasteiger partial charge < -0.3 is 15.0 Å². The van der Waals surface area contributed by atoms with Gasteiger partial charge in [0.1, 0.15) is 5.82 Å². The van der Waals surface area contributed by atoms with Crippen molar-refractivity contribution in [3.63, 3.8) is 0 Å². The van der Waals surface area contributed by atoms with E-state index in [-0.39, 0.29) is 22.8 Å². The van der Waals surface area contributed by atoms with Crippen LogP contribution in [0.3, 0.4) is 0 Å². The predicted molar refractivity (Wildman–Crippen MR) is 127 cm³/mol. The minimum Gasteiger partial charge on any atom is -0.376 e. The number of carbonyl (C=O) groups excluding carboxylic acids is 1. The molecular formula is C23H21ClFN5O2S. The van der Waals surface area contributed by atoms with Crippen LogP contribution in [0.25, 0.3) is 22.3 Å². The van der Waals surface area contributed by atoms with Crippen LogP contribution in [0.15, 0.2) is 53.8 Å². The molecule has 1 fully saturated rings. The second-order valence-corrected chi connectivity index (χ2v) is 9.12. The van der Waals surface area contributed by atoms with Crippen LogP contribution in [0.2, 0.25) is 5.02 Å². The molecule has 5 rings (SSSR count). The first-order chi connectivity index (χ1) is 16.1. The molecular weight excluding hydrogens is 465 g/mol. The van der Waals surface area contributed by atoms with Crippen molar-refractivity contribution in [2.75, 3.05) is 17.7 Å². The molecule has 1 amide bonds. The number of aromatic amines is 1. The molecule has 170 valence electrons. The van der Waals surface area contributed by atoms with Crippen LogP contribution in [0.4, 0.5) is 10.1 Å². The number of ether oxygens (including phenoxy) is 1. The highest BCUT2D eigenvalue weighted by molar-refractivity contribution is 7.99. The van der Waals surface area contributed by atoms with Gasteiger partial charge in [-0.25, -0.2) is 4.39 Å². The van der Waals surface area contributed by atoms with Crippen molar-refractivity contribution in [3.05, 3.63) is 59.5 Å². The van der Waals surface area contributed by atoms with Crippen molar-refractivity contribution in [2.45, 2.75) is 30.6 Å². The predicted octanol–water partition coefficient (Wildman–Crippen LogP) is 5.13. The van der Waals surface area contributed by atoms with Crippen LogP contribution in [-0.4, -0.2) is 44.1 Å². The summed E-state index contributed by atoms with van der Waals surface area (Å²) in [5, 5.41) is 13.2. The topological polar surface area (TPSA) is 84.8 Å². The Bertz CT molecular complexity index is 1300. The molecule has 10 heteroatoms. The number of anilines is 1. The lowest BCUT2D eigenvalue weighted by atomic mass is 10.1. The van der Waals surface area contributed by atoms with E-state index in [9.17, 15) is 9.18 Å². The SMILES string of the molecule is O=C(CSc1nnc(-c2c[nH]c3ccccc23)n1CC1CCCO1)Nc1ccc(F)c(Cl)c1. The summed E-state index contributed by atoms with van der Waals surface area (Å²) in [5.74, 6) is 0.0715. The van der Waals surface area contributed by atoms with Gasteiger partial charge in [-0.1, -0.05) is 41.6 Å². The number of para-hydroxylation sites is 1. The van der Waals surface area contributed by atoms with Crippen LogP contribution >= 0.6 is 23.4 Å². The lowest BCUT2D eigenvalue weighted by molar-refractivity contribution is -0.113. The van der Waals surface area contributed by atoms with Gasteiger partial charge in [-0.3, -0.25) is 9.36 Å². The molecule has 4 aromatic rings. The van der Waals surface area contributed by atoms with Crippen LogP contribution in [0.5, 0.6) is 0 Å². The normalized spacial score (nSPS) is 15.9. The number of amides is 1. The average molecular weight is 486 g/mol. The van der Waals surface area contributed by atoms with Gasteiger partial charge in [0, 0.05) is 35.0 Å². The largest absolute Gasteiger partial charge is 0.376 e. The molecule has 3 heterocycles. The number of aromatic nitrogens is 4. The average Bonchev–Trinajstić information content (AvgIpc) is 3.55. The highest BCUT2D eigenvalue weighted by Crippen LogP contribution is 2.31. The van der Waals surface area contributed by atoms with Crippen molar-refractivity contribution in [1.82, 2.24) is 19.7 Å². The molecule has 0 saturated carbocycles. The number of nitrogens with zero attached hydrogens (tertiary/aromatic N) is 3. The van der Waals surface area contributed by atoms with Crippen LogP contribution < -0.4 is 5.32 Å². The third-order valence-electron chi connectivity index (χ3n) is 5.49. The number of carbonyl (C=O) groups is 1. The van der Waals surface area contributed by atoms with Gasteiger partial charge in [0.15, 0.2) is 11.0 Å². The molecule has 1 saturated heterocycles. The van der Waals surface area contributed by atoms with Gasteiger partial charge in [-0.15, -0.1) is 10.2 Å². The summed E-state index contributed by atoms with van der Waals surface area (Å²) in [5.41, 5.74) is 2.41. The Kier molecular flexibility index (Phi) is 6.34. The molecule has 1 aliphatic heterocycles. The van der Waals surface area contributed by atoms with Gasteiger partial charge >= 0.3 is 0 Å². The Labute approximate surface area is 198 Å². The van der Waals surface area contributed by atoms with E-state index in [1.807, 2.05) is 35.0 Å². The van der Waals surface area contributed by atoms with Crippen molar-refractivity contribution in [2.24, 2.45) is 0 Å². The minimum absolute atomic E-state index is 0.0415. The standard InChI is InChI=1S/C23H21ClFN5O2S/c24-18-10-14(7-8-19(18)25)27-21(31)13-33-23-29-28-22(30(23)12-15-4-3-9-32-15)17-11-26-20-6-2-1-5-16(17)20/h1-2,5-8,10-11,15,26H,3-4,9,12-13H2,(H,27,31). The second-order valence-electron chi connectivity index (χ2n) is 7.77. The summed E-state index contributed by atoms with van der Waals surface area (Å²) < 4.78 is 21.2. The molecule has 7 nitrogen and oxygen atoms in total. The van der Waals surface area contributed by atoms with Crippen LogP contribution in [0.1, 0.15) is 12.8 Å². The maximum Gasteiger partial charge on any atom is 0.234 e. The minimum atomic E-state index is -0.531. The summed E-state index contributed by atoms with van der Waals surface area (Å²) >= 11 is 7.09. The number of thioether (sulfide) groups is 1. The third-order valence-corrected chi connectivity index (χ3v) is 6.75. The van der Waals surface area contributed by atoms with Gasteiger partial charge in [-0.05, 0) is 37.1 Å². The quantitative estimate of drug-likeness (QED) is 0.354. The van der Waals surface area contributed by atoms with E-state index in [1.54, 1.807) is 0 Å². The number of fused-ring (bicyclic) bond motifs is 1. The fourth-order valence-electron chi connectivity index (χ4n) is 3.91. The number of halogens is 2. The molecule has 1 aliphatic rings. The maximum absolute atomic E-state index is 13.4. The van der Waals surface area contributed by atoms with Crippen molar-refractivity contribution < 1.29 is 13.9 Å². The number of nitrogens with one attached hydrogen (secondary N) is 2. The summed E-state index contributed by atoms with van der Waals surface area (Å²) in [6.45, 7) is 1.36. The van der Waals surface area contributed by atoms with E-state index in [4.69, 9.17) is 16.3 Å². The van der Waals surface area contributed by atoms with E-state index in [1.165, 1.54) is 30.0 Å². The molecule has 2 N–H and O–H groups in total. The number of hydrogen-bond acceptors (Lipinski definition) is 5. The van der Waals surface area contributed by atoms with E-state index < -0.39 is 5.82 Å². The van der Waals surface area contributed by atoms with Crippen LogP contribution in [-0.2, 0) is 16.1 Å². The monoisotopic (exact) mass is 485 g/mol. The Balaban J connectivity index is 1.37. The van der Waals surface area contributed by atoms with Crippen molar-refractivity contribution in [3.8, 4) is 11.4 Å². The number of benzene rings is 2. The summed E-state index contributed by atoms with van der Waals surface area (Å²) in [6.07, 6.45) is 4.02. The lowest BCUT2D eigenvalue weighted by Gasteiger charge is -2.14. The zero-order valence-electron chi connectivity index (χ0n) is 17.6. The first-order valence-electron chi connectivity index (χ1n) is 10.6. The molecule has 0 radical (unpaired) electrons. The Hall–Kier alpha value is -2.88. The first kappa shape index (κ1) is 21.9. The van der Waals surface area contributed by atoms with Gasteiger partial charge in [0.2, 0.25) is 5.91 Å². The van der Waals surface area contributed by atoms with Crippen molar-refractivity contribution in [1.29, 1.82) is 0 Å². The van der Waals surface area contributed by atoms with Gasteiger partial charge in [-0.2, -0.15) is 0 Å². The Morgan fingerprint density at radius 1 is 1.30 bits per heavy atom. The van der Waals surface area contributed by atoms with E-state index in [0.29, 0.717) is 17.4 Å². The zero-order chi connectivity index (χ0) is 22.8. The zero-order valence-corrected chi connectivity index (χ0v) is 19.1. The number of rotatable bonds is 7. The summed E-state index contributed by atoms with van der Waals surface area (Å²) in [7, 11) is 0. The van der Waals surface area contributed by atoms with E-state index >= 15 is 0 Å². The fraction of sp³-hybridized carbons (Fsp3) is 0.261. The highest BCUT2D eigenvalue weighted by atomic mass is 35.5. The van der Waals surface area contributed by atoms with E-state index in [2.05, 4.69) is 20.5 Å². The van der Waals surface area contributed by atoms with E-state index in [0.717, 1.165) is 41.7 Å². The second kappa shape index (κ2) is 9.54. The first-order valence-corrected chi connectivity index (χ1v) is 11.9. The molecule has 1 atom stereocenters. The Morgan fingerprint density at radius 3 is 3.00 bits per heavy atom. The Morgan fingerprint density at radius 2 is 2.18 bits per heavy atom. The molecule has 0 aliphatic carbocycles. The molecule has 0 spiro atoms.